The Morgan fingerprint density at radius 1 is 1.00 bits per heavy atom. The average Bonchev–Trinajstić information content (AvgIpc) is 2.33. The molecule has 0 N–H and O–H groups in total. The molecule has 0 radical (unpaired) electrons. The summed E-state index contributed by atoms with van der Waals surface area (Å²) in [7, 11) is 0. The van der Waals surface area contributed by atoms with E-state index >= 15 is 0 Å². The summed E-state index contributed by atoms with van der Waals surface area (Å²) in [6.07, 6.45) is 10.00. The highest BCUT2D eigenvalue weighted by atomic mass is 16.6. The second-order valence-corrected chi connectivity index (χ2v) is 4.20. The number of carbonyl (C=O) groups is 2. The Kier molecular flexibility index (Phi) is 7.31. The third-order valence-corrected chi connectivity index (χ3v) is 2.68. The first-order chi connectivity index (χ1) is 8.45. The van der Waals surface area contributed by atoms with Gasteiger partial charge in [-0.05, 0) is 11.8 Å². The highest BCUT2D eigenvalue weighted by Gasteiger charge is 2.36. The van der Waals surface area contributed by atoms with Gasteiger partial charge in [0.05, 0.1) is 0 Å². The molecule has 0 saturated carbocycles. The summed E-state index contributed by atoms with van der Waals surface area (Å²) in [6.45, 7) is 5.26. The highest BCUT2D eigenvalue weighted by Crippen LogP contribution is 2.23. The number of rotatable bonds is 6. The molecule has 0 amide bonds. The van der Waals surface area contributed by atoms with Crippen molar-refractivity contribution in [2.45, 2.75) is 20.8 Å². The molecular formula is C14H18O4. The Morgan fingerprint density at radius 2 is 1.39 bits per heavy atom. The first kappa shape index (κ1) is 16.1. The molecule has 0 aliphatic carbocycles. The van der Waals surface area contributed by atoms with Gasteiger partial charge in [0.25, 0.3) is 0 Å². The molecule has 0 aromatic heterocycles. The Hall–Kier alpha value is -1.94. The number of hydrogen-bond donors (Lipinski definition) is 0. The summed E-state index contributed by atoms with van der Waals surface area (Å²) in [5.74, 6) is 1.91. The lowest BCUT2D eigenvalue weighted by atomic mass is 9.85. The maximum Gasteiger partial charge on any atom is 0.321 e. The molecule has 0 aromatic rings. The maximum absolute atomic E-state index is 11.8. The van der Waals surface area contributed by atoms with Crippen LogP contribution in [0, 0.1) is 42.4 Å². The largest absolute Gasteiger partial charge is 0.452 e. The third-order valence-electron chi connectivity index (χ3n) is 2.68. The minimum absolute atomic E-state index is 0.117. The van der Waals surface area contributed by atoms with Crippen molar-refractivity contribution < 1.29 is 19.1 Å². The third kappa shape index (κ3) is 4.93. The van der Waals surface area contributed by atoms with Crippen LogP contribution in [-0.2, 0) is 19.1 Å². The molecule has 18 heavy (non-hydrogen) atoms. The van der Waals surface area contributed by atoms with Gasteiger partial charge >= 0.3 is 11.9 Å². The van der Waals surface area contributed by atoms with Crippen molar-refractivity contribution in [2.24, 2.45) is 17.8 Å². The Labute approximate surface area is 108 Å². The van der Waals surface area contributed by atoms with Crippen LogP contribution in [0.1, 0.15) is 20.8 Å². The van der Waals surface area contributed by atoms with E-state index < -0.39 is 17.9 Å². The molecule has 0 heterocycles. The normalized spacial score (nSPS) is 11.5. The number of ether oxygens (including phenoxy) is 2. The molecular weight excluding hydrogens is 232 g/mol. The molecule has 0 fully saturated rings. The van der Waals surface area contributed by atoms with Gasteiger partial charge in [-0.3, -0.25) is 9.59 Å². The zero-order valence-electron chi connectivity index (χ0n) is 10.9. The van der Waals surface area contributed by atoms with Crippen molar-refractivity contribution >= 4 is 11.9 Å². The van der Waals surface area contributed by atoms with E-state index in [-0.39, 0.29) is 25.0 Å². The van der Waals surface area contributed by atoms with Gasteiger partial charge in [0.1, 0.15) is 0 Å². The molecule has 4 heteroatoms. The fourth-order valence-corrected chi connectivity index (χ4v) is 1.32. The van der Waals surface area contributed by atoms with E-state index in [1.165, 1.54) is 0 Å². The summed E-state index contributed by atoms with van der Waals surface area (Å²) in [5.41, 5.74) is 0. The molecule has 0 aliphatic rings. The first-order valence-corrected chi connectivity index (χ1v) is 5.65. The van der Waals surface area contributed by atoms with Crippen molar-refractivity contribution in [2.75, 3.05) is 13.2 Å². The number of hydrogen-bond acceptors (Lipinski definition) is 4. The van der Waals surface area contributed by atoms with Crippen molar-refractivity contribution in [3.8, 4) is 24.7 Å². The van der Waals surface area contributed by atoms with Gasteiger partial charge in [-0.1, -0.05) is 32.6 Å². The van der Waals surface area contributed by atoms with Gasteiger partial charge in [0, 0.05) is 0 Å². The van der Waals surface area contributed by atoms with E-state index in [2.05, 4.69) is 11.8 Å². The minimum Gasteiger partial charge on any atom is -0.452 e. The van der Waals surface area contributed by atoms with Crippen LogP contribution in [0.3, 0.4) is 0 Å². The van der Waals surface area contributed by atoms with Gasteiger partial charge in [-0.2, -0.15) is 0 Å². The molecule has 1 unspecified atom stereocenters. The molecule has 0 spiro atoms. The van der Waals surface area contributed by atoms with Crippen LogP contribution in [0.5, 0.6) is 0 Å². The smallest absolute Gasteiger partial charge is 0.321 e. The second kappa shape index (κ2) is 8.20. The second-order valence-electron chi connectivity index (χ2n) is 4.20. The van der Waals surface area contributed by atoms with Crippen molar-refractivity contribution in [1.29, 1.82) is 0 Å². The number of terminal acetylenes is 2. The van der Waals surface area contributed by atoms with Gasteiger partial charge in [0.15, 0.2) is 19.1 Å². The Balaban J connectivity index is 4.83. The quantitative estimate of drug-likeness (QED) is 0.404. The zero-order chi connectivity index (χ0) is 14.1. The summed E-state index contributed by atoms with van der Waals surface area (Å²) in [6, 6.07) is 0. The van der Waals surface area contributed by atoms with E-state index in [9.17, 15) is 9.59 Å². The molecule has 98 valence electrons. The molecule has 0 saturated heterocycles. The SMILES string of the molecule is C#CCOC(=O)C(C(=O)OCC#C)C(C)C(C)C. The van der Waals surface area contributed by atoms with E-state index in [1.807, 2.05) is 13.8 Å². The van der Waals surface area contributed by atoms with Crippen LogP contribution in [0.15, 0.2) is 0 Å². The topological polar surface area (TPSA) is 52.6 Å². The maximum atomic E-state index is 11.8. The number of esters is 2. The Bertz CT molecular complexity index is 340. The fourth-order valence-electron chi connectivity index (χ4n) is 1.32. The lowest BCUT2D eigenvalue weighted by Gasteiger charge is -2.23. The first-order valence-electron chi connectivity index (χ1n) is 5.65. The molecule has 4 nitrogen and oxygen atoms in total. The zero-order valence-corrected chi connectivity index (χ0v) is 10.9. The average molecular weight is 250 g/mol. The van der Waals surface area contributed by atoms with Crippen LogP contribution in [-0.4, -0.2) is 25.2 Å². The van der Waals surface area contributed by atoms with E-state index in [0.717, 1.165) is 0 Å². The summed E-state index contributed by atoms with van der Waals surface area (Å²) < 4.78 is 9.60. The monoisotopic (exact) mass is 250 g/mol. The summed E-state index contributed by atoms with van der Waals surface area (Å²) in [4.78, 5) is 23.6. The number of carbonyl (C=O) groups excluding carboxylic acids is 2. The molecule has 0 rings (SSSR count). The van der Waals surface area contributed by atoms with Crippen molar-refractivity contribution in [3.05, 3.63) is 0 Å². The van der Waals surface area contributed by atoms with Gasteiger partial charge in [-0.25, -0.2) is 0 Å². The Morgan fingerprint density at radius 3 is 1.67 bits per heavy atom. The van der Waals surface area contributed by atoms with Crippen LogP contribution in [0.4, 0.5) is 0 Å². The van der Waals surface area contributed by atoms with Crippen LogP contribution in [0.2, 0.25) is 0 Å². The van der Waals surface area contributed by atoms with E-state index in [1.54, 1.807) is 6.92 Å². The highest BCUT2D eigenvalue weighted by molar-refractivity contribution is 5.95. The van der Waals surface area contributed by atoms with Crippen LogP contribution in [0.25, 0.3) is 0 Å². The lowest BCUT2D eigenvalue weighted by molar-refractivity contribution is -0.163. The fraction of sp³-hybridized carbons (Fsp3) is 0.571. The predicted octanol–water partition coefficient (Wildman–Crippen LogP) is 1.25. The minimum atomic E-state index is -0.994. The van der Waals surface area contributed by atoms with E-state index in [0.29, 0.717) is 0 Å². The van der Waals surface area contributed by atoms with Gasteiger partial charge < -0.3 is 9.47 Å². The standard InChI is InChI=1S/C14H18O4/c1-6-8-17-13(15)12(11(5)10(3)4)14(16)18-9-7-2/h1-2,10-12H,8-9H2,3-5H3. The molecule has 0 bridgehead atoms. The van der Waals surface area contributed by atoms with Crippen LogP contribution >= 0.6 is 0 Å². The molecule has 0 aliphatic heterocycles. The van der Waals surface area contributed by atoms with Crippen LogP contribution < -0.4 is 0 Å². The predicted molar refractivity (Wildman–Crippen MR) is 67.1 cm³/mol. The lowest BCUT2D eigenvalue weighted by Crippen LogP contribution is -2.35. The molecule has 1 atom stereocenters. The van der Waals surface area contributed by atoms with E-state index in [4.69, 9.17) is 22.3 Å². The van der Waals surface area contributed by atoms with Crippen molar-refractivity contribution in [3.63, 3.8) is 0 Å². The summed E-state index contributed by atoms with van der Waals surface area (Å²) in [5, 5.41) is 0. The van der Waals surface area contributed by atoms with Gasteiger partial charge in [0.2, 0.25) is 0 Å². The van der Waals surface area contributed by atoms with Gasteiger partial charge in [-0.15, -0.1) is 12.8 Å². The summed E-state index contributed by atoms with van der Waals surface area (Å²) >= 11 is 0. The molecule has 0 aromatic carbocycles. The van der Waals surface area contributed by atoms with Crippen molar-refractivity contribution in [1.82, 2.24) is 0 Å².